The first kappa shape index (κ1) is 10.8. The highest BCUT2D eigenvalue weighted by Gasteiger charge is 2.09. The lowest BCUT2D eigenvalue weighted by Crippen LogP contribution is -2.04. The van der Waals surface area contributed by atoms with Crippen LogP contribution in [0.2, 0.25) is 5.02 Å². The molecule has 1 aromatic rings. The minimum Gasteiger partial charge on any atom is -0.495 e. The lowest BCUT2D eigenvalue weighted by atomic mass is 10.1. The van der Waals surface area contributed by atoms with Gasteiger partial charge in [-0.05, 0) is 40.5 Å². The fourth-order valence-corrected chi connectivity index (χ4v) is 1.72. The van der Waals surface area contributed by atoms with E-state index >= 15 is 0 Å². The molecule has 1 rings (SSSR count). The molecule has 0 aliphatic heterocycles. The van der Waals surface area contributed by atoms with Gasteiger partial charge in [0.2, 0.25) is 0 Å². The molecule has 13 heavy (non-hydrogen) atoms. The van der Waals surface area contributed by atoms with Crippen LogP contribution in [0.4, 0.5) is 0 Å². The number of nitrogens with two attached hydrogens (primary N) is 1. The van der Waals surface area contributed by atoms with Gasteiger partial charge < -0.3 is 10.5 Å². The Morgan fingerprint density at radius 1 is 1.54 bits per heavy atom. The summed E-state index contributed by atoms with van der Waals surface area (Å²) < 4.78 is 6.03. The average Bonchev–Trinajstić information content (AvgIpc) is 2.12. The smallest absolute Gasteiger partial charge is 0.141 e. The van der Waals surface area contributed by atoms with Crippen LogP contribution >= 0.6 is 27.5 Å². The van der Waals surface area contributed by atoms with Gasteiger partial charge in [0, 0.05) is 4.47 Å². The fraction of sp³-hybridized carbons (Fsp3) is 0.333. The van der Waals surface area contributed by atoms with E-state index in [9.17, 15) is 0 Å². The molecule has 4 heteroatoms. The van der Waals surface area contributed by atoms with E-state index in [1.807, 2.05) is 12.1 Å². The van der Waals surface area contributed by atoms with Crippen molar-refractivity contribution in [3.05, 3.63) is 27.2 Å². The van der Waals surface area contributed by atoms with Crippen molar-refractivity contribution in [1.29, 1.82) is 0 Å². The zero-order valence-corrected chi connectivity index (χ0v) is 9.65. The summed E-state index contributed by atoms with van der Waals surface area (Å²) in [5.74, 6) is 0.710. The minimum atomic E-state index is 0.592. The minimum absolute atomic E-state index is 0.592. The first-order chi connectivity index (χ1) is 6.20. The zero-order chi connectivity index (χ0) is 9.84. The van der Waals surface area contributed by atoms with Gasteiger partial charge in [-0.15, -0.1) is 0 Å². The molecule has 0 amide bonds. The molecular weight excluding hydrogens is 253 g/mol. The Bertz CT molecular complexity index is 304. The Kier molecular flexibility index (Phi) is 4.03. The first-order valence-corrected chi connectivity index (χ1v) is 5.08. The molecule has 0 aromatic heterocycles. The molecule has 2 nitrogen and oxygen atoms in total. The summed E-state index contributed by atoms with van der Waals surface area (Å²) in [5, 5.41) is 0.605. The standard InChI is InChI=1S/C9H11BrClNO/c1-13-9-6(4-5-12)2-3-7(10)8(9)11/h2-3H,4-5,12H2,1H3. The molecule has 0 aliphatic carbocycles. The lowest BCUT2D eigenvalue weighted by molar-refractivity contribution is 0.409. The maximum atomic E-state index is 6.02. The zero-order valence-electron chi connectivity index (χ0n) is 7.31. The second-order valence-electron chi connectivity index (χ2n) is 2.59. The second kappa shape index (κ2) is 4.84. The van der Waals surface area contributed by atoms with Crippen molar-refractivity contribution < 1.29 is 4.74 Å². The van der Waals surface area contributed by atoms with Crippen LogP contribution in [0.1, 0.15) is 5.56 Å². The van der Waals surface area contributed by atoms with Crippen LogP contribution in [0.25, 0.3) is 0 Å². The third-order valence-electron chi connectivity index (χ3n) is 1.75. The summed E-state index contributed by atoms with van der Waals surface area (Å²) >= 11 is 9.35. The van der Waals surface area contributed by atoms with Crippen LogP contribution < -0.4 is 10.5 Å². The van der Waals surface area contributed by atoms with Gasteiger partial charge in [0.05, 0.1) is 12.1 Å². The molecule has 0 unspecified atom stereocenters. The van der Waals surface area contributed by atoms with E-state index < -0.39 is 0 Å². The van der Waals surface area contributed by atoms with E-state index in [0.717, 1.165) is 16.5 Å². The van der Waals surface area contributed by atoms with E-state index in [1.165, 1.54) is 0 Å². The van der Waals surface area contributed by atoms with E-state index in [1.54, 1.807) is 7.11 Å². The molecule has 0 atom stereocenters. The van der Waals surface area contributed by atoms with Gasteiger partial charge in [-0.1, -0.05) is 17.7 Å². The SMILES string of the molecule is COc1c(CCN)ccc(Br)c1Cl. The van der Waals surface area contributed by atoms with Gasteiger partial charge in [0.1, 0.15) is 5.75 Å². The Labute approximate surface area is 91.2 Å². The number of rotatable bonds is 3. The van der Waals surface area contributed by atoms with E-state index in [-0.39, 0.29) is 0 Å². The summed E-state index contributed by atoms with van der Waals surface area (Å²) in [7, 11) is 1.60. The summed E-state index contributed by atoms with van der Waals surface area (Å²) in [4.78, 5) is 0. The highest BCUT2D eigenvalue weighted by molar-refractivity contribution is 9.10. The quantitative estimate of drug-likeness (QED) is 0.911. The molecule has 1 aromatic carbocycles. The number of halogens is 2. The fourth-order valence-electron chi connectivity index (χ4n) is 1.15. The van der Waals surface area contributed by atoms with Crippen LogP contribution in [-0.2, 0) is 6.42 Å². The van der Waals surface area contributed by atoms with Crippen molar-refractivity contribution in [2.45, 2.75) is 6.42 Å². The van der Waals surface area contributed by atoms with Gasteiger partial charge in [0.15, 0.2) is 0 Å². The number of benzene rings is 1. The van der Waals surface area contributed by atoms with Crippen molar-refractivity contribution in [3.63, 3.8) is 0 Å². The largest absolute Gasteiger partial charge is 0.495 e. The molecule has 0 radical (unpaired) electrons. The summed E-state index contributed by atoms with van der Waals surface area (Å²) in [6.45, 7) is 0.592. The third-order valence-corrected chi connectivity index (χ3v) is 3.01. The Morgan fingerprint density at radius 2 is 2.23 bits per heavy atom. The number of hydrogen-bond acceptors (Lipinski definition) is 2. The summed E-state index contributed by atoms with van der Waals surface area (Å²) in [6, 6.07) is 3.86. The maximum absolute atomic E-state index is 6.02. The van der Waals surface area contributed by atoms with Crippen molar-refractivity contribution in [2.75, 3.05) is 13.7 Å². The normalized spacial score (nSPS) is 10.2. The van der Waals surface area contributed by atoms with Gasteiger partial charge >= 0.3 is 0 Å². The van der Waals surface area contributed by atoms with Gasteiger partial charge in [-0.25, -0.2) is 0 Å². The van der Waals surface area contributed by atoms with Crippen LogP contribution in [0.5, 0.6) is 5.75 Å². The first-order valence-electron chi connectivity index (χ1n) is 3.91. The van der Waals surface area contributed by atoms with Crippen LogP contribution in [0.3, 0.4) is 0 Å². The Hall–Kier alpha value is -0.250. The number of hydrogen-bond donors (Lipinski definition) is 1. The van der Waals surface area contributed by atoms with E-state index in [0.29, 0.717) is 17.3 Å². The summed E-state index contributed by atoms with van der Waals surface area (Å²) in [6.07, 6.45) is 0.774. The number of methoxy groups -OCH3 is 1. The van der Waals surface area contributed by atoms with Crippen molar-refractivity contribution in [2.24, 2.45) is 5.73 Å². The van der Waals surface area contributed by atoms with Gasteiger partial charge in [0.25, 0.3) is 0 Å². The predicted molar refractivity (Wildman–Crippen MR) is 58.5 cm³/mol. The molecule has 0 saturated heterocycles. The summed E-state index contributed by atoms with van der Waals surface area (Å²) in [5.41, 5.74) is 6.50. The molecule has 0 fully saturated rings. The highest BCUT2D eigenvalue weighted by Crippen LogP contribution is 2.35. The monoisotopic (exact) mass is 263 g/mol. The average molecular weight is 265 g/mol. The topological polar surface area (TPSA) is 35.2 Å². The Balaban J connectivity index is 3.13. The highest BCUT2D eigenvalue weighted by atomic mass is 79.9. The van der Waals surface area contributed by atoms with Crippen molar-refractivity contribution in [3.8, 4) is 5.75 Å². The van der Waals surface area contributed by atoms with Gasteiger partial charge in [-0.3, -0.25) is 0 Å². The lowest BCUT2D eigenvalue weighted by Gasteiger charge is -2.10. The molecule has 0 bridgehead atoms. The molecule has 0 spiro atoms. The van der Waals surface area contributed by atoms with Crippen molar-refractivity contribution >= 4 is 27.5 Å². The van der Waals surface area contributed by atoms with E-state index in [2.05, 4.69) is 15.9 Å². The molecule has 72 valence electrons. The van der Waals surface area contributed by atoms with E-state index in [4.69, 9.17) is 22.1 Å². The van der Waals surface area contributed by atoms with Crippen LogP contribution in [-0.4, -0.2) is 13.7 Å². The third kappa shape index (κ3) is 2.36. The number of ether oxygens (including phenoxy) is 1. The molecule has 0 heterocycles. The Morgan fingerprint density at radius 3 is 2.77 bits per heavy atom. The molecule has 0 saturated carbocycles. The maximum Gasteiger partial charge on any atom is 0.141 e. The predicted octanol–water partition coefficient (Wildman–Crippen LogP) is 2.61. The van der Waals surface area contributed by atoms with Crippen LogP contribution in [0.15, 0.2) is 16.6 Å². The second-order valence-corrected chi connectivity index (χ2v) is 3.82. The molecule has 0 aliphatic rings. The van der Waals surface area contributed by atoms with Crippen LogP contribution in [0, 0.1) is 0 Å². The molecule has 2 N–H and O–H groups in total. The van der Waals surface area contributed by atoms with Crippen molar-refractivity contribution in [1.82, 2.24) is 0 Å². The molecular formula is C9H11BrClNO. The van der Waals surface area contributed by atoms with Gasteiger partial charge in [-0.2, -0.15) is 0 Å².